The second-order valence-corrected chi connectivity index (χ2v) is 10.2. The first-order chi connectivity index (χ1) is 20.3. The molecule has 0 spiro atoms. The maximum absolute atomic E-state index is 12.4. The molecular formula is C31H31N5O5S. The van der Waals surface area contributed by atoms with Crippen molar-refractivity contribution in [3.63, 3.8) is 0 Å². The number of hydrogen-bond acceptors (Lipinski definition) is 8. The molecule has 1 heterocycles. The fraction of sp³-hybridized carbons (Fsp3) is 0.194. The molecule has 3 N–H and O–H groups in total. The van der Waals surface area contributed by atoms with Crippen molar-refractivity contribution in [2.24, 2.45) is 0 Å². The minimum Gasteiger partial charge on any atom is -0.489 e. The third-order valence-corrected chi connectivity index (χ3v) is 6.50. The molecule has 216 valence electrons. The van der Waals surface area contributed by atoms with Gasteiger partial charge >= 0.3 is 6.09 Å². The maximum atomic E-state index is 12.4. The van der Waals surface area contributed by atoms with Crippen molar-refractivity contribution in [2.75, 3.05) is 22.9 Å². The maximum Gasteiger partial charge on any atom is 0.407 e. The van der Waals surface area contributed by atoms with Gasteiger partial charge in [-0.2, -0.15) is 0 Å². The van der Waals surface area contributed by atoms with Crippen LogP contribution in [0.3, 0.4) is 0 Å². The van der Waals surface area contributed by atoms with Crippen molar-refractivity contribution in [1.29, 1.82) is 0 Å². The number of rotatable bonds is 12. The molecule has 0 unspecified atom stereocenters. The molecular weight excluding hydrogens is 554 g/mol. The van der Waals surface area contributed by atoms with Gasteiger partial charge in [0, 0.05) is 22.8 Å². The third-order valence-electron chi connectivity index (χ3n) is 5.65. The third kappa shape index (κ3) is 10.3. The highest BCUT2D eigenvalue weighted by Crippen LogP contribution is 2.19. The van der Waals surface area contributed by atoms with Gasteiger partial charge in [0.15, 0.2) is 5.16 Å². The van der Waals surface area contributed by atoms with Gasteiger partial charge in [-0.1, -0.05) is 54.2 Å². The standard InChI is InChI=1S/C31H31N5O5S/c1-21-15-22(2)34-30(33-21)42-20-29(38)36-26-10-6-9-24(16-26)19-40-27-13-11-25(12-14-27)35-28(37)17-32-31(39)41-18-23-7-4-3-5-8-23/h3-16H,17-20H2,1-2H3,(H,32,39)(H,35,37)(H,36,38). The van der Waals surface area contributed by atoms with Gasteiger partial charge < -0.3 is 25.4 Å². The number of carbonyl (C=O) groups excluding carboxylic acids is 3. The van der Waals surface area contributed by atoms with E-state index in [4.69, 9.17) is 9.47 Å². The lowest BCUT2D eigenvalue weighted by molar-refractivity contribution is -0.115. The van der Waals surface area contributed by atoms with Gasteiger partial charge in [0.2, 0.25) is 11.8 Å². The normalized spacial score (nSPS) is 10.4. The zero-order chi connectivity index (χ0) is 29.7. The smallest absolute Gasteiger partial charge is 0.407 e. The van der Waals surface area contributed by atoms with Crippen LogP contribution in [-0.4, -0.2) is 40.2 Å². The summed E-state index contributed by atoms with van der Waals surface area (Å²) in [5.74, 6) is 0.257. The summed E-state index contributed by atoms with van der Waals surface area (Å²) in [5, 5.41) is 8.60. The Morgan fingerprint density at radius 3 is 2.17 bits per heavy atom. The molecule has 0 aliphatic heterocycles. The lowest BCUT2D eigenvalue weighted by Gasteiger charge is -2.11. The van der Waals surface area contributed by atoms with E-state index in [0.717, 1.165) is 22.5 Å². The van der Waals surface area contributed by atoms with E-state index in [1.165, 1.54) is 11.8 Å². The summed E-state index contributed by atoms with van der Waals surface area (Å²) in [6, 6.07) is 25.4. The first kappa shape index (κ1) is 30.1. The van der Waals surface area contributed by atoms with Crippen LogP contribution in [0.2, 0.25) is 0 Å². The van der Waals surface area contributed by atoms with E-state index >= 15 is 0 Å². The molecule has 0 saturated heterocycles. The Bertz CT molecular complexity index is 1500. The fourth-order valence-corrected chi connectivity index (χ4v) is 4.51. The van der Waals surface area contributed by atoms with Crippen LogP contribution in [0, 0.1) is 13.8 Å². The molecule has 4 aromatic rings. The number of hydrogen-bond donors (Lipinski definition) is 3. The number of alkyl carbamates (subject to hydrolysis) is 1. The number of carbonyl (C=O) groups is 3. The fourth-order valence-electron chi connectivity index (χ4n) is 3.76. The first-order valence-corrected chi connectivity index (χ1v) is 14.1. The summed E-state index contributed by atoms with van der Waals surface area (Å²) in [7, 11) is 0. The summed E-state index contributed by atoms with van der Waals surface area (Å²) in [5.41, 5.74) is 4.68. The van der Waals surface area contributed by atoms with Crippen molar-refractivity contribution in [3.8, 4) is 5.75 Å². The van der Waals surface area contributed by atoms with Crippen LogP contribution in [0.15, 0.2) is 90.1 Å². The Morgan fingerprint density at radius 1 is 0.738 bits per heavy atom. The van der Waals surface area contributed by atoms with Gasteiger partial charge in [-0.15, -0.1) is 0 Å². The van der Waals surface area contributed by atoms with Crippen molar-refractivity contribution in [2.45, 2.75) is 32.2 Å². The molecule has 42 heavy (non-hydrogen) atoms. The lowest BCUT2D eigenvalue weighted by Crippen LogP contribution is -2.33. The molecule has 0 atom stereocenters. The van der Waals surface area contributed by atoms with E-state index in [1.807, 2.05) is 74.5 Å². The van der Waals surface area contributed by atoms with Crippen LogP contribution in [0.5, 0.6) is 5.75 Å². The summed E-state index contributed by atoms with van der Waals surface area (Å²) in [6.45, 7) is 3.98. The lowest BCUT2D eigenvalue weighted by atomic mass is 10.2. The van der Waals surface area contributed by atoms with Gasteiger partial charge in [-0.05, 0) is 67.4 Å². The number of aryl methyl sites for hydroxylation is 2. The number of ether oxygens (including phenoxy) is 2. The number of amides is 3. The number of benzene rings is 3. The van der Waals surface area contributed by atoms with E-state index < -0.39 is 6.09 Å². The largest absolute Gasteiger partial charge is 0.489 e. The highest BCUT2D eigenvalue weighted by Gasteiger charge is 2.09. The highest BCUT2D eigenvalue weighted by molar-refractivity contribution is 7.99. The summed E-state index contributed by atoms with van der Waals surface area (Å²) in [6.07, 6.45) is -0.674. The van der Waals surface area contributed by atoms with Crippen molar-refractivity contribution < 1.29 is 23.9 Å². The molecule has 0 saturated carbocycles. The molecule has 1 aromatic heterocycles. The second-order valence-electron chi connectivity index (χ2n) is 9.25. The minimum absolute atomic E-state index is 0.123. The predicted octanol–water partition coefficient (Wildman–Crippen LogP) is 5.27. The molecule has 11 heteroatoms. The monoisotopic (exact) mass is 585 g/mol. The summed E-state index contributed by atoms with van der Waals surface area (Å²) >= 11 is 1.29. The van der Waals surface area contributed by atoms with Crippen molar-refractivity contribution in [3.05, 3.63) is 107 Å². The molecule has 4 rings (SSSR count). The van der Waals surface area contributed by atoms with Crippen LogP contribution in [-0.2, 0) is 27.5 Å². The number of nitrogens with zero attached hydrogens (tertiary/aromatic N) is 2. The van der Waals surface area contributed by atoms with Crippen LogP contribution >= 0.6 is 11.8 Å². The number of thioether (sulfide) groups is 1. The van der Waals surface area contributed by atoms with Gasteiger partial charge in [0.05, 0.1) is 5.75 Å². The Kier molecular flexibility index (Phi) is 10.9. The van der Waals surface area contributed by atoms with Crippen molar-refractivity contribution in [1.82, 2.24) is 15.3 Å². The van der Waals surface area contributed by atoms with E-state index in [2.05, 4.69) is 25.9 Å². The van der Waals surface area contributed by atoms with Gasteiger partial charge in [-0.25, -0.2) is 14.8 Å². The molecule has 10 nitrogen and oxygen atoms in total. The highest BCUT2D eigenvalue weighted by atomic mass is 32.2. The molecule has 0 bridgehead atoms. The Labute approximate surface area is 248 Å². The first-order valence-electron chi connectivity index (χ1n) is 13.1. The van der Waals surface area contributed by atoms with Crippen LogP contribution in [0.1, 0.15) is 22.5 Å². The van der Waals surface area contributed by atoms with E-state index in [1.54, 1.807) is 24.3 Å². The SMILES string of the molecule is Cc1cc(C)nc(SCC(=O)Nc2cccc(COc3ccc(NC(=O)CNC(=O)OCc4ccccc4)cc3)c2)n1. The van der Waals surface area contributed by atoms with E-state index in [9.17, 15) is 14.4 Å². The average Bonchev–Trinajstić information content (AvgIpc) is 2.98. The zero-order valence-corrected chi connectivity index (χ0v) is 24.1. The number of aromatic nitrogens is 2. The zero-order valence-electron chi connectivity index (χ0n) is 23.3. The number of nitrogens with one attached hydrogen (secondary N) is 3. The molecule has 0 radical (unpaired) electrons. The van der Waals surface area contributed by atoms with E-state index in [-0.39, 0.29) is 37.3 Å². The molecule has 0 aliphatic rings. The van der Waals surface area contributed by atoms with Gasteiger partial charge in [-0.3, -0.25) is 9.59 Å². The quantitative estimate of drug-likeness (QED) is 0.151. The van der Waals surface area contributed by atoms with Crippen LogP contribution in [0.25, 0.3) is 0 Å². The Balaban J connectivity index is 1.17. The van der Waals surface area contributed by atoms with E-state index in [0.29, 0.717) is 22.3 Å². The molecule has 0 fully saturated rings. The topological polar surface area (TPSA) is 132 Å². The van der Waals surface area contributed by atoms with Crippen molar-refractivity contribution >= 4 is 41.0 Å². The second kappa shape index (κ2) is 15.2. The van der Waals surface area contributed by atoms with Gasteiger partial charge in [0.1, 0.15) is 25.5 Å². The molecule has 3 amide bonds. The average molecular weight is 586 g/mol. The number of anilines is 2. The summed E-state index contributed by atoms with van der Waals surface area (Å²) in [4.78, 5) is 45.1. The Hall–Kier alpha value is -4.90. The minimum atomic E-state index is -0.674. The molecule has 0 aliphatic carbocycles. The summed E-state index contributed by atoms with van der Waals surface area (Å²) < 4.78 is 11.0. The van der Waals surface area contributed by atoms with Gasteiger partial charge in [0.25, 0.3) is 0 Å². The van der Waals surface area contributed by atoms with Crippen LogP contribution < -0.4 is 20.7 Å². The van der Waals surface area contributed by atoms with Crippen LogP contribution in [0.4, 0.5) is 16.2 Å². The molecule has 3 aromatic carbocycles. The Morgan fingerprint density at radius 2 is 1.43 bits per heavy atom. The predicted molar refractivity (Wildman–Crippen MR) is 161 cm³/mol.